The van der Waals surface area contributed by atoms with Crippen LogP contribution in [0.15, 0.2) is 18.2 Å². The summed E-state index contributed by atoms with van der Waals surface area (Å²) < 4.78 is 15.7. The molecule has 4 nitrogen and oxygen atoms in total. The van der Waals surface area contributed by atoms with Crippen LogP contribution >= 0.6 is 0 Å². The highest BCUT2D eigenvalue weighted by Crippen LogP contribution is 2.31. The molecule has 0 bridgehead atoms. The number of hydrogen-bond acceptors (Lipinski definition) is 4. The smallest absolute Gasteiger partial charge is 0.161 e. The van der Waals surface area contributed by atoms with Crippen molar-refractivity contribution in [1.82, 2.24) is 0 Å². The van der Waals surface area contributed by atoms with Gasteiger partial charge in [-0.1, -0.05) is 12.2 Å². The number of rotatable bonds is 6. The molecule has 0 spiro atoms. The van der Waals surface area contributed by atoms with Gasteiger partial charge >= 0.3 is 0 Å². The lowest BCUT2D eigenvalue weighted by molar-refractivity contribution is 0.184. The summed E-state index contributed by atoms with van der Waals surface area (Å²) in [6.07, 6.45) is 3.84. The highest BCUT2D eigenvalue weighted by molar-refractivity contribution is 5.60. The third-order valence-corrected chi connectivity index (χ3v) is 2.38. The molecule has 0 saturated carbocycles. The van der Waals surface area contributed by atoms with E-state index >= 15 is 0 Å². The largest absolute Gasteiger partial charge is 0.493 e. The molecule has 0 radical (unpaired) electrons. The topological polar surface area (TPSA) is 53.7 Å². The van der Waals surface area contributed by atoms with E-state index in [1.165, 1.54) is 0 Å². The lowest BCUT2D eigenvalue weighted by atomic mass is 10.1. The monoisotopic (exact) mass is 237 g/mol. The van der Waals surface area contributed by atoms with Crippen LogP contribution in [0.25, 0.3) is 6.08 Å². The molecule has 0 fully saturated rings. The fourth-order valence-corrected chi connectivity index (χ4v) is 1.57. The second kappa shape index (κ2) is 6.93. The Balaban J connectivity index is 3.19. The van der Waals surface area contributed by atoms with Crippen LogP contribution in [0.2, 0.25) is 0 Å². The third kappa shape index (κ3) is 3.47. The van der Waals surface area contributed by atoms with E-state index in [1.54, 1.807) is 21.3 Å². The first-order chi connectivity index (χ1) is 8.26. The summed E-state index contributed by atoms with van der Waals surface area (Å²) in [6.45, 7) is 1.02. The summed E-state index contributed by atoms with van der Waals surface area (Å²) >= 11 is 0. The van der Waals surface area contributed by atoms with Crippen molar-refractivity contribution in [3.8, 4) is 11.5 Å². The van der Waals surface area contributed by atoms with Gasteiger partial charge in [0.1, 0.15) is 0 Å². The molecule has 1 rings (SSSR count). The van der Waals surface area contributed by atoms with Gasteiger partial charge in [-0.15, -0.1) is 0 Å². The number of benzene rings is 1. The van der Waals surface area contributed by atoms with Crippen molar-refractivity contribution in [3.63, 3.8) is 0 Å². The van der Waals surface area contributed by atoms with Crippen LogP contribution in [-0.2, 0) is 11.3 Å². The van der Waals surface area contributed by atoms with E-state index in [-0.39, 0.29) is 0 Å². The van der Waals surface area contributed by atoms with Gasteiger partial charge in [-0.2, -0.15) is 0 Å². The van der Waals surface area contributed by atoms with E-state index in [0.29, 0.717) is 24.7 Å². The summed E-state index contributed by atoms with van der Waals surface area (Å²) in [7, 11) is 4.89. The van der Waals surface area contributed by atoms with Gasteiger partial charge in [0.25, 0.3) is 0 Å². The Hall–Kier alpha value is -1.52. The number of nitrogens with two attached hydrogens (primary N) is 1. The Labute approximate surface area is 102 Å². The molecule has 0 amide bonds. The van der Waals surface area contributed by atoms with Crippen LogP contribution in [0, 0.1) is 0 Å². The van der Waals surface area contributed by atoms with Gasteiger partial charge in [0, 0.05) is 13.7 Å². The predicted octanol–water partition coefficient (Wildman–Crippen LogP) is 1.82. The molecule has 0 aliphatic carbocycles. The molecule has 0 aromatic heterocycles. The van der Waals surface area contributed by atoms with E-state index in [9.17, 15) is 0 Å². The first kappa shape index (κ1) is 13.5. The average molecular weight is 237 g/mol. The molecule has 0 aliphatic heterocycles. The van der Waals surface area contributed by atoms with E-state index in [4.69, 9.17) is 19.9 Å². The summed E-state index contributed by atoms with van der Waals surface area (Å²) in [5.74, 6) is 1.40. The molecule has 0 heterocycles. The second-order valence-corrected chi connectivity index (χ2v) is 3.48. The molecule has 4 heteroatoms. The van der Waals surface area contributed by atoms with Crippen LogP contribution in [-0.4, -0.2) is 27.9 Å². The normalized spacial score (nSPS) is 10.8. The van der Waals surface area contributed by atoms with Gasteiger partial charge in [0.15, 0.2) is 11.5 Å². The minimum absolute atomic E-state index is 0.501. The highest BCUT2D eigenvalue weighted by Gasteiger charge is 2.09. The third-order valence-electron chi connectivity index (χ3n) is 2.38. The van der Waals surface area contributed by atoms with Crippen molar-refractivity contribution in [2.24, 2.45) is 5.73 Å². The Morgan fingerprint density at radius 3 is 2.29 bits per heavy atom. The SMILES string of the molecule is COCc1cc(OC)c(OC)cc1/C=C/CN. The van der Waals surface area contributed by atoms with E-state index in [1.807, 2.05) is 24.3 Å². The maximum absolute atomic E-state index is 5.45. The van der Waals surface area contributed by atoms with Crippen molar-refractivity contribution in [2.45, 2.75) is 6.61 Å². The number of ether oxygens (including phenoxy) is 3. The minimum Gasteiger partial charge on any atom is -0.493 e. The van der Waals surface area contributed by atoms with Gasteiger partial charge in [-0.25, -0.2) is 0 Å². The zero-order chi connectivity index (χ0) is 12.7. The standard InChI is InChI=1S/C13H19NO3/c1-15-9-11-8-13(17-3)12(16-2)7-10(11)5-4-6-14/h4-5,7-8H,6,9,14H2,1-3H3/b5-4+. The van der Waals surface area contributed by atoms with Gasteiger partial charge in [0.05, 0.1) is 20.8 Å². The van der Waals surface area contributed by atoms with Crippen molar-refractivity contribution >= 4 is 6.08 Å². The van der Waals surface area contributed by atoms with Gasteiger partial charge in [-0.3, -0.25) is 0 Å². The summed E-state index contributed by atoms with van der Waals surface area (Å²) in [6, 6.07) is 3.83. The summed E-state index contributed by atoms with van der Waals surface area (Å²) in [5, 5.41) is 0. The Kier molecular flexibility index (Phi) is 5.52. The molecule has 1 aromatic rings. The molecule has 1 aromatic carbocycles. The van der Waals surface area contributed by atoms with E-state index in [2.05, 4.69) is 0 Å². The Morgan fingerprint density at radius 1 is 1.12 bits per heavy atom. The molecule has 2 N–H and O–H groups in total. The predicted molar refractivity (Wildman–Crippen MR) is 68.3 cm³/mol. The molecular formula is C13H19NO3. The van der Waals surface area contributed by atoms with Crippen molar-refractivity contribution in [2.75, 3.05) is 27.9 Å². The maximum atomic E-state index is 5.45. The molecule has 0 atom stereocenters. The molecule has 17 heavy (non-hydrogen) atoms. The van der Waals surface area contributed by atoms with Crippen molar-refractivity contribution < 1.29 is 14.2 Å². The number of hydrogen-bond donors (Lipinski definition) is 1. The van der Waals surface area contributed by atoms with Crippen molar-refractivity contribution in [1.29, 1.82) is 0 Å². The lowest BCUT2D eigenvalue weighted by Crippen LogP contribution is -1.98. The van der Waals surface area contributed by atoms with Crippen molar-refractivity contribution in [3.05, 3.63) is 29.3 Å². The molecular weight excluding hydrogens is 218 g/mol. The quantitative estimate of drug-likeness (QED) is 0.820. The maximum Gasteiger partial charge on any atom is 0.161 e. The minimum atomic E-state index is 0.501. The Bertz CT molecular complexity index is 388. The second-order valence-electron chi connectivity index (χ2n) is 3.48. The first-order valence-electron chi connectivity index (χ1n) is 5.37. The summed E-state index contributed by atoms with van der Waals surface area (Å²) in [4.78, 5) is 0. The molecule has 0 aliphatic rings. The van der Waals surface area contributed by atoms with Crippen LogP contribution in [0.1, 0.15) is 11.1 Å². The lowest BCUT2D eigenvalue weighted by Gasteiger charge is -2.12. The van der Waals surface area contributed by atoms with Crippen LogP contribution in [0.4, 0.5) is 0 Å². The van der Waals surface area contributed by atoms with E-state index in [0.717, 1.165) is 11.1 Å². The zero-order valence-electron chi connectivity index (χ0n) is 10.5. The van der Waals surface area contributed by atoms with Gasteiger partial charge in [-0.05, 0) is 23.3 Å². The van der Waals surface area contributed by atoms with E-state index < -0.39 is 0 Å². The van der Waals surface area contributed by atoms with Gasteiger partial charge in [0.2, 0.25) is 0 Å². The molecule has 0 saturated heterocycles. The fraction of sp³-hybridized carbons (Fsp3) is 0.385. The zero-order valence-corrected chi connectivity index (χ0v) is 10.5. The van der Waals surface area contributed by atoms with Crippen LogP contribution in [0.3, 0.4) is 0 Å². The number of methoxy groups -OCH3 is 3. The first-order valence-corrected chi connectivity index (χ1v) is 5.37. The van der Waals surface area contributed by atoms with Crippen LogP contribution in [0.5, 0.6) is 11.5 Å². The van der Waals surface area contributed by atoms with Gasteiger partial charge < -0.3 is 19.9 Å². The molecule has 94 valence electrons. The fourth-order valence-electron chi connectivity index (χ4n) is 1.57. The Morgan fingerprint density at radius 2 is 1.76 bits per heavy atom. The average Bonchev–Trinajstić information content (AvgIpc) is 2.37. The van der Waals surface area contributed by atoms with Crippen LogP contribution < -0.4 is 15.2 Å². The highest BCUT2D eigenvalue weighted by atomic mass is 16.5. The summed E-state index contributed by atoms with van der Waals surface area (Å²) in [5.41, 5.74) is 7.51. The molecule has 0 unspecified atom stereocenters.